The predicted molar refractivity (Wildman–Crippen MR) is 94.6 cm³/mol. The monoisotopic (exact) mass is 319 g/mol. The van der Waals surface area contributed by atoms with Crippen molar-refractivity contribution in [3.05, 3.63) is 59.7 Å². The summed E-state index contributed by atoms with van der Waals surface area (Å²) in [5.74, 6) is 0.0828. The molecule has 1 atom stereocenters. The quantitative estimate of drug-likeness (QED) is 0.874. The SMILES string of the molecule is CN(C)[C@@H]1CCN(C(=O)c2ccc(-c3ccccc3C#N)cc2)C1. The van der Waals surface area contributed by atoms with E-state index in [2.05, 4.69) is 25.1 Å². The summed E-state index contributed by atoms with van der Waals surface area (Å²) in [6, 6.07) is 17.7. The van der Waals surface area contributed by atoms with Gasteiger partial charge in [-0.15, -0.1) is 0 Å². The number of benzene rings is 2. The molecule has 0 aromatic heterocycles. The van der Waals surface area contributed by atoms with Gasteiger partial charge in [-0.2, -0.15) is 5.26 Å². The molecule has 122 valence electrons. The van der Waals surface area contributed by atoms with Crippen LogP contribution < -0.4 is 0 Å². The zero-order chi connectivity index (χ0) is 17.1. The highest BCUT2D eigenvalue weighted by Gasteiger charge is 2.27. The van der Waals surface area contributed by atoms with E-state index in [1.807, 2.05) is 47.4 Å². The van der Waals surface area contributed by atoms with Crippen molar-refractivity contribution in [3.8, 4) is 17.2 Å². The standard InChI is InChI=1S/C20H21N3O/c1-22(2)18-11-12-23(14-18)20(24)16-9-7-15(8-10-16)19-6-4-3-5-17(19)13-21/h3-10,18H,11-12,14H2,1-2H3/t18-/m1/s1. The third kappa shape index (κ3) is 3.17. The number of carbonyl (C=O) groups excluding carboxylic acids is 1. The Labute approximate surface area is 142 Å². The van der Waals surface area contributed by atoms with Crippen LogP contribution in [0.1, 0.15) is 22.3 Å². The average Bonchev–Trinajstić information content (AvgIpc) is 3.11. The van der Waals surface area contributed by atoms with Gasteiger partial charge in [0.05, 0.1) is 11.6 Å². The van der Waals surface area contributed by atoms with E-state index in [0.29, 0.717) is 17.2 Å². The van der Waals surface area contributed by atoms with Gasteiger partial charge in [0, 0.05) is 24.7 Å². The van der Waals surface area contributed by atoms with Crippen LogP contribution in [0.3, 0.4) is 0 Å². The Morgan fingerprint density at radius 2 is 1.88 bits per heavy atom. The van der Waals surface area contributed by atoms with Crippen molar-refractivity contribution in [3.63, 3.8) is 0 Å². The largest absolute Gasteiger partial charge is 0.337 e. The molecule has 1 aliphatic heterocycles. The second-order valence-electron chi connectivity index (χ2n) is 6.39. The molecule has 0 unspecified atom stereocenters. The van der Waals surface area contributed by atoms with Crippen LogP contribution in [0.2, 0.25) is 0 Å². The number of nitriles is 1. The molecule has 1 fully saturated rings. The van der Waals surface area contributed by atoms with E-state index in [1.54, 1.807) is 6.07 Å². The lowest BCUT2D eigenvalue weighted by molar-refractivity contribution is 0.0783. The maximum atomic E-state index is 12.6. The minimum atomic E-state index is 0.0828. The van der Waals surface area contributed by atoms with Gasteiger partial charge in [-0.05, 0) is 49.8 Å². The molecule has 3 rings (SSSR count). The molecule has 0 radical (unpaired) electrons. The van der Waals surface area contributed by atoms with E-state index in [0.717, 1.165) is 30.6 Å². The first-order chi connectivity index (χ1) is 11.6. The van der Waals surface area contributed by atoms with E-state index < -0.39 is 0 Å². The fourth-order valence-corrected chi connectivity index (χ4v) is 3.16. The summed E-state index contributed by atoms with van der Waals surface area (Å²) >= 11 is 0. The van der Waals surface area contributed by atoms with Crippen molar-refractivity contribution in [1.82, 2.24) is 9.80 Å². The third-order valence-electron chi connectivity index (χ3n) is 4.67. The van der Waals surface area contributed by atoms with E-state index in [9.17, 15) is 10.1 Å². The van der Waals surface area contributed by atoms with Crippen LogP contribution in [0.5, 0.6) is 0 Å². The number of likely N-dealkylation sites (tertiary alicyclic amines) is 1. The molecule has 1 heterocycles. The highest BCUT2D eigenvalue weighted by atomic mass is 16.2. The van der Waals surface area contributed by atoms with Gasteiger partial charge in [0.2, 0.25) is 0 Å². The zero-order valence-corrected chi connectivity index (χ0v) is 14.1. The topological polar surface area (TPSA) is 47.3 Å². The van der Waals surface area contributed by atoms with Crippen molar-refractivity contribution < 1.29 is 4.79 Å². The second-order valence-corrected chi connectivity index (χ2v) is 6.39. The van der Waals surface area contributed by atoms with Crippen LogP contribution in [-0.4, -0.2) is 48.9 Å². The van der Waals surface area contributed by atoms with Crippen molar-refractivity contribution in [2.75, 3.05) is 27.2 Å². The summed E-state index contributed by atoms with van der Waals surface area (Å²) < 4.78 is 0. The normalized spacial score (nSPS) is 17.1. The summed E-state index contributed by atoms with van der Waals surface area (Å²) in [7, 11) is 4.11. The van der Waals surface area contributed by atoms with E-state index in [1.165, 1.54) is 0 Å². The molecule has 0 N–H and O–H groups in total. The van der Waals surface area contributed by atoms with Gasteiger partial charge in [0.25, 0.3) is 5.91 Å². The Bertz CT molecular complexity index is 774. The molecule has 4 nitrogen and oxygen atoms in total. The van der Waals surface area contributed by atoms with Crippen molar-refractivity contribution >= 4 is 5.91 Å². The van der Waals surface area contributed by atoms with Gasteiger partial charge in [-0.1, -0.05) is 30.3 Å². The number of hydrogen-bond acceptors (Lipinski definition) is 3. The van der Waals surface area contributed by atoms with Crippen LogP contribution in [-0.2, 0) is 0 Å². The van der Waals surface area contributed by atoms with Gasteiger partial charge in [-0.25, -0.2) is 0 Å². The van der Waals surface area contributed by atoms with Crippen LogP contribution in [0, 0.1) is 11.3 Å². The average molecular weight is 319 g/mol. The van der Waals surface area contributed by atoms with Crippen LogP contribution in [0.15, 0.2) is 48.5 Å². The van der Waals surface area contributed by atoms with Crippen molar-refractivity contribution in [1.29, 1.82) is 5.26 Å². The van der Waals surface area contributed by atoms with E-state index in [-0.39, 0.29) is 5.91 Å². The van der Waals surface area contributed by atoms with Gasteiger partial charge in [-0.3, -0.25) is 4.79 Å². The van der Waals surface area contributed by atoms with Crippen molar-refractivity contribution in [2.24, 2.45) is 0 Å². The number of amides is 1. The number of likely N-dealkylation sites (N-methyl/N-ethyl adjacent to an activating group) is 1. The molecule has 1 amide bonds. The molecule has 0 saturated carbocycles. The lowest BCUT2D eigenvalue weighted by Crippen LogP contribution is -2.34. The Morgan fingerprint density at radius 3 is 2.50 bits per heavy atom. The Balaban J connectivity index is 1.78. The Hall–Kier alpha value is -2.64. The lowest BCUT2D eigenvalue weighted by Gasteiger charge is -2.20. The molecule has 2 aromatic rings. The summed E-state index contributed by atoms with van der Waals surface area (Å²) in [4.78, 5) is 16.7. The maximum Gasteiger partial charge on any atom is 0.253 e. The van der Waals surface area contributed by atoms with Crippen LogP contribution >= 0.6 is 0 Å². The summed E-state index contributed by atoms with van der Waals surface area (Å²) in [6.07, 6.45) is 1.02. The summed E-state index contributed by atoms with van der Waals surface area (Å²) in [5.41, 5.74) is 3.20. The first-order valence-electron chi connectivity index (χ1n) is 8.15. The second kappa shape index (κ2) is 6.86. The molecular weight excluding hydrogens is 298 g/mol. The number of carbonyl (C=O) groups is 1. The molecule has 2 aromatic carbocycles. The minimum absolute atomic E-state index is 0.0828. The van der Waals surface area contributed by atoms with Gasteiger partial charge >= 0.3 is 0 Å². The summed E-state index contributed by atoms with van der Waals surface area (Å²) in [6.45, 7) is 1.59. The van der Waals surface area contributed by atoms with E-state index >= 15 is 0 Å². The molecule has 0 bridgehead atoms. The Morgan fingerprint density at radius 1 is 1.17 bits per heavy atom. The molecule has 1 saturated heterocycles. The van der Waals surface area contributed by atoms with E-state index in [4.69, 9.17) is 0 Å². The smallest absolute Gasteiger partial charge is 0.253 e. The van der Waals surface area contributed by atoms with Crippen LogP contribution in [0.4, 0.5) is 0 Å². The summed E-state index contributed by atoms with van der Waals surface area (Å²) in [5, 5.41) is 9.22. The molecule has 0 spiro atoms. The molecule has 0 aliphatic carbocycles. The Kier molecular flexibility index (Phi) is 4.64. The lowest BCUT2D eigenvalue weighted by atomic mass is 9.99. The molecular formula is C20H21N3O. The van der Waals surface area contributed by atoms with Gasteiger partial charge < -0.3 is 9.80 Å². The zero-order valence-electron chi connectivity index (χ0n) is 14.1. The number of rotatable bonds is 3. The van der Waals surface area contributed by atoms with Gasteiger partial charge in [0.1, 0.15) is 0 Å². The van der Waals surface area contributed by atoms with Crippen molar-refractivity contribution in [2.45, 2.75) is 12.5 Å². The fraction of sp³-hybridized carbons (Fsp3) is 0.300. The predicted octanol–water partition coefficient (Wildman–Crippen LogP) is 3.00. The first-order valence-corrected chi connectivity index (χ1v) is 8.15. The maximum absolute atomic E-state index is 12.6. The van der Waals surface area contributed by atoms with Crippen LogP contribution in [0.25, 0.3) is 11.1 Å². The molecule has 24 heavy (non-hydrogen) atoms. The highest BCUT2D eigenvalue weighted by Crippen LogP contribution is 2.24. The fourth-order valence-electron chi connectivity index (χ4n) is 3.16. The first kappa shape index (κ1) is 16.2. The third-order valence-corrected chi connectivity index (χ3v) is 4.67. The molecule has 1 aliphatic rings. The van der Waals surface area contributed by atoms with Gasteiger partial charge in [0.15, 0.2) is 0 Å². The minimum Gasteiger partial charge on any atom is -0.337 e. The highest BCUT2D eigenvalue weighted by molar-refractivity contribution is 5.95. The number of nitrogens with zero attached hydrogens (tertiary/aromatic N) is 3. The molecule has 4 heteroatoms. The number of hydrogen-bond donors (Lipinski definition) is 0.